The molecule has 4 rings (SSSR count). The summed E-state index contributed by atoms with van der Waals surface area (Å²) in [6, 6.07) is 28.1. The third kappa shape index (κ3) is 4.86. The van der Waals surface area contributed by atoms with Gasteiger partial charge >= 0.3 is 0 Å². The maximum absolute atomic E-state index is 5.83. The van der Waals surface area contributed by atoms with Crippen molar-refractivity contribution >= 4 is 45.5 Å². The van der Waals surface area contributed by atoms with Crippen molar-refractivity contribution in [1.29, 1.82) is 0 Å². The van der Waals surface area contributed by atoms with Crippen LogP contribution in [0.4, 0.5) is 5.82 Å². The molecule has 1 heterocycles. The lowest BCUT2D eigenvalue weighted by Gasteiger charge is -2.06. The van der Waals surface area contributed by atoms with E-state index < -0.39 is 0 Å². The molecule has 0 atom stereocenters. The van der Waals surface area contributed by atoms with Crippen LogP contribution < -0.4 is 10.2 Å². The molecule has 138 valence electrons. The standard InChI is InChI=1S/C23H18IN3O/c24-20-10-5-18(6-11-20)16-28-21-12-7-17(8-13-21)15-25-27-23-14-9-19-3-1-2-4-22(19)26-23/h1-15H,16H2,(H,26,27)/b25-15-. The molecule has 0 aliphatic rings. The number of halogens is 1. The van der Waals surface area contributed by atoms with Gasteiger partial charge in [0.25, 0.3) is 0 Å². The quantitative estimate of drug-likeness (QED) is 0.214. The average Bonchev–Trinajstić information content (AvgIpc) is 2.74. The van der Waals surface area contributed by atoms with Gasteiger partial charge in [0.15, 0.2) is 0 Å². The molecule has 4 nitrogen and oxygen atoms in total. The van der Waals surface area contributed by atoms with E-state index in [1.165, 1.54) is 3.57 Å². The fraction of sp³-hybridized carbons (Fsp3) is 0.0435. The molecule has 0 aliphatic heterocycles. The summed E-state index contributed by atoms with van der Waals surface area (Å²) in [5.41, 5.74) is 6.05. The van der Waals surface area contributed by atoms with Crippen LogP contribution in [0.3, 0.4) is 0 Å². The lowest BCUT2D eigenvalue weighted by molar-refractivity contribution is 0.306. The highest BCUT2D eigenvalue weighted by Crippen LogP contribution is 2.16. The van der Waals surface area contributed by atoms with Gasteiger partial charge in [0.1, 0.15) is 18.2 Å². The first-order valence-corrected chi connectivity index (χ1v) is 9.96. The van der Waals surface area contributed by atoms with E-state index in [-0.39, 0.29) is 0 Å². The highest BCUT2D eigenvalue weighted by Gasteiger charge is 1.98. The Bertz CT molecular complexity index is 1090. The van der Waals surface area contributed by atoms with E-state index in [9.17, 15) is 0 Å². The van der Waals surface area contributed by atoms with Crippen LogP contribution in [-0.4, -0.2) is 11.2 Å². The second-order valence-corrected chi connectivity index (χ2v) is 7.49. The number of hydrogen-bond donors (Lipinski definition) is 1. The summed E-state index contributed by atoms with van der Waals surface area (Å²) in [4.78, 5) is 4.53. The van der Waals surface area contributed by atoms with Crippen molar-refractivity contribution < 1.29 is 4.74 Å². The Balaban J connectivity index is 1.33. The lowest BCUT2D eigenvalue weighted by atomic mass is 10.2. The predicted molar refractivity (Wildman–Crippen MR) is 123 cm³/mol. The summed E-state index contributed by atoms with van der Waals surface area (Å²) in [5, 5.41) is 5.38. The van der Waals surface area contributed by atoms with Gasteiger partial charge in [-0.1, -0.05) is 30.3 Å². The van der Waals surface area contributed by atoms with E-state index in [0.717, 1.165) is 27.8 Å². The van der Waals surface area contributed by atoms with Gasteiger partial charge in [0.2, 0.25) is 0 Å². The Morgan fingerprint density at radius 3 is 2.50 bits per heavy atom. The zero-order valence-electron chi connectivity index (χ0n) is 15.0. The average molecular weight is 479 g/mol. The molecule has 0 spiro atoms. The van der Waals surface area contributed by atoms with Crippen LogP contribution in [0.2, 0.25) is 0 Å². The van der Waals surface area contributed by atoms with Crippen LogP contribution in [0.25, 0.3) is 10.9 Å². The van der Waals surface area contributed by atoms with Crippen molar-refractivity contribution in [1.82, 2.24) is 4.98 Å². The summed E-state index contributed by atoms with van der Waals surface area (Å²) in [6.07, 6.45) is 1.76. The van der Waals surface area contributed by atoms with Gasteiger partial charge in [0.05, 0.1) is 11.7 Å². The molecular weight excluding hydrogens is 461 g/mol. The van der Waals surface area contributed by atoms with Crippen molar-refractivity contribution in [2.45, 2.75) is 6.61 Å². The second kappa shape index (κ2) is 8.84. The van der Waals surface area contributed by atoms with E-state index >= 15 is 0 Å². The van der Waals surface area contributed by atoms with Gasteiger partial charge in [-0.05, 0) is 88.3 Å². The predicted octanol–water partition coefficient (Wildman–Crippen LogP) is 5.86. The van der Waals surface area contributed by atoms with Crippen molar-refractivity contribution in [3.8, 4) is 5.75 Å². The third-order valence-electron chi connectivity index (χ3n) is 4.19. The zero-order chi connectivity index (χ0) is 19.2. The van der Waals surface area contributed by atoms with Crippen LogP contribution in [-0.2, 0) is 6.61 Å². The van der Waals surface area contributed by atoms with E-state index in [1.54, 1.807) is 6.21 Å². The minimum Gasteiger partial charge on any atom is -0.489 e. The van der Waals surface area contributed by atoms with Crippen molar-refractivity contribution in [2.75, 3.05) is 5.43 Å². The Morgan fingerprint density at radius 2 is 1.68 bits per heavy atom. The van der Waals surface area contributed by atoms with Crippen molar-refractivity contribution in [2.24, 2.45) is 5.10 Å². The number of nitrogens with zero attached hydrogens (tertiary/aromatic N) is 2. The lowest BCUT2D eigenvalue weighted by Crippen LogP contribution is -1.96. The maximum atomic E-state index is 5.83. The number of benzene rings is 3. The molecule has 0 unspecified atom stereocenters. The molecule has 0 saturated carbocycles. The number of ether oxygens (including phenoxy) is 1. The van der Waals surface area contributed by atoms with Gasteiger partial charge in [-0.15, -0.1) is 0 Å². The van der Waals surface area contributed by atoms with Crippen LogP contribution >= 0.6 is 22.6 Å². The van der Waals surface area contributed by atoms with Crippen LogP contribution in [0.1, 0.15) is 11.1 Å². The molecule has 5 heteroatoms. The fourth-order valence-corrected chi connectivity index (χ4v) is 3.06. The largest absolute Gasteiger partial charge is 0.489 e. The van der Waals surface area contributed by atoms with Crippen LogP contribution in [0.5, 0.6) is 5.75 Å². The number of pyridine rings is 1. The van der Waals surface area contributed by atoms with E-state index in [1.807, 2.05) is 60.7 Å². The van der Waals surface area contributed by atoms with Crippen molar-refractivity contribution in [3.05, 3.63) is 99.6 Å². The first-order chi connectivity index (χ1) is 13.8. The molecule has 0 aliphatic carbocycles. The highest BCUT2D eigenvalue weighted by molar-refractivity contribution is 14.1. The normalized spacial score (nSPS) is 11.0. The summed E-state index contributed by atoms with van der Waals surface area (Å²) < 4.78 is 7.05. The Hall–Kier alpha value is -2.93. The van der Waals surface area contributed by atoms with Gasteiger partial charge in [-0.3, -0.25) is 5.43 Å². The van der Waals surface area contributed by atoms with Gasteiger partial charge in [0, 0.05) is 8.96 Å². The molecule has 0 bridgehead atoms. The minimum atomic E-state index is 0.555. The number of anilines is 1. The molecule has 1 N–H and O–H groups in total. The molecule has 3 aromatic carbocycles. The molecular formula is C23H18IN3O. The number of fused-ring (bicyclic) bond motifs is 1. The zero-order valence-corrected chi connectivity index (χ0v) is 17.2. The number of para-hydroxylation sites is 1. The molecule has 0 saturated heterocycles. The number of hydrazone groups is 1. The Kier molecular flexibility index (Phi) is 5.82. The molecule has 4 aromatic rings. The van der Waals surface area contributed by atoms with Gasteiger partial charge < -0.3 is 4.74 Å². The first kappa shape index (κ1) is 18.4. The third-order valence-corrected chi connectivity index (χ3v) is 4.91. The molecule has 28 heavy (non-hydrogen) atoms. The van der Waals surface area contributed by atoms with Crippen LogP contribution in [0.15, 0.2) is 90.0 Å². The van der Waals surface area contributed by atoms with Gasteiger partial charge in [-0.2, -0.15) is 5.10 Å². The first-order valence-electron chi connectivity index (χ1n) is 8.88. The summed E-state index contributed by atoms with van der Waals surface area (Å²) in [7, 11) is 0. The number of aromatic nitrogens is 1. The van der Waals surface area contributed by atoms with Crippen molar-refractivity contribution in [3.63, 3.8) is 0 Å². The Morgan fingerprint density at radius 1 is 0.893 bits per heavy atom. The molecule has 0 radical (unpaired) electrons. The van der Waals surface area contributed by atoms with E-state index in [0.29, 0.717) is 12.4 Å². The smallest absolute Gasteiger partial charge is 0.146 e. The maximum Gasteiger partial charge on any atom is 0.146 e. The Labute approximate surface area is 177 Å². The number of nitrogens with one attached hydrogen (secondary N) is 1. The summed E-state index contributed by atoms with van der Waals surface area (Å²) >= 11 is 2.30. The summed E-state index contributed by atoms with van der Waals surface area (Å²) in [5.74, 6) is 1.55. The second-order valence-electron chi connectivity index (χ2n) is 6.24. The molecule has 1 aromatic heterocycles. The topological polar surface area (TPSA) is 46.5 Å². The summed E-state index contributed by atoms with van der Waals surface area (Å²) in [6.45, 7) is 0.555. The SMILES string of the molecule is Ic1ccc(COc2ccc(/C=N\Nc3ccc4ccccc4n3)cc2)cc1. The molecule has 0 fully saturated rings. The van der Waals surface area contributed by atoms with E-state index in [2.05, 4.69) is 62.4 Å². The van der Waals surface area contributed by atoms with E-state index in [4.69, 9.17) is 4.74 Å². The van der Waals surface area contributed by atoms with Crippen LogP contribution in [0, 0.1) is 3.57 Å². The highest BCUT2D eigenvalue weighted by atomic mass is 127. The fourth-order valence-electron chi connectivity index (χ4n) is 2.70. The number of rotatable bonds is 6. The van der Waals surface area contributed by atoms with Gasteiger partial charge in [-0.25, -0.2) is 4.98 Å². The monoisotopic (exact) mass is 479 g/mol. The minimum absolute atomic E-state index is 0.555. The number of hydrogen-bond acceptors (Lipinski definition) is 4. The molecule has 0 amide bonds.